The van der Waals surface area contributed by atoms with Crippen LogP contribution in [0.3, 0.4) is 0 Å². The van der Waals surface area contributed by atoms with Crippen molar-refractivity contribution in [3.05, 3.63) is 29.3 Å². The molecule has 1 aromatic rings. The Hall–Kier alpha value is -1.53. The van der Waals surface area contributed by atoms with Crippen LogP contribution in [0, 0.1) is 24.2 Å². The molecule has 3 rings (SSSR count). The Morgan fingerprint density at radius 3 is 2.58 bits per heavy atom. The van der Waals surface area contributed by atoms with E-state index in [0.29, 0.717) is 11.2 Å². The molecule has 26 heavy (non-hydrogen) atoms. The van der Waals surface area contributed by atoms with Crippen molar-refractivity contribution in [2.75, 3.05) is 12.3 Å². The predicted octanol–water partition coefficient (Wildman–Crippen LogP) is 6.39. The summed E-state index contributed by atoms with van der Waals surface area (Å²) in [5.74, 6) is 0.974. The van der Waals surface area contributed by atoms with Gasteiger partial charge in [0.2, 0.25) is 0 Å². The number of nitriles is 1. The number of ether oxygens (including phenoxy) is 1. The molecular weight excluding hydrogens is 320 g/mol. The van der Waals surface area contributed by atoms with Gasteiger partial charge in [0.15, 0.2) is 0 Å². The molecular formula is C23H38N2O. The van der Waals surface area contributed by atoms with E-state index in [4.69, 9.17) is 15.7 Å². The van der Waals surface area contributed by atoms with Gasteiger partial charge in [0, 0.05) is 12.3 Å². The number of unbranched alkanes of at least 4 members (excludes halogenated alkanes) is 1. The van der Waals surface area contributed by atoms with Crippen molar-refractivity contribution < 1.29 is 4.74 Å². The number of aryl methyl sites for hydroxylation is 1. The van der Waals surface area contributed by atoms with Gasteiger partial charge >= 0.3 is 0 Å². The number of benzene rings is 1. The molecule has 1 unspecified atom stereocenters. The number of nitrogen functional groups attached to an aromatic ring is 1. The van der Waals surface area contributed by atoms with E-state index in [-0.39, 0.29) is 0 Å². The molecule has 2 N–H and O–H groups in total. The van der Waals surface area contributed by atoms with Gasteiger partial charge in [0.25, 0.3) is 0 Å². The largest absolute Gasteiger partial charge is 0.399 e. The lowest BCUT2D eigenvalue weighted by atomic mass is 9.75. The first-order valence-corrected chi connectivity index (χ1v) is 10.5. The molecule has 1 saturated carbocycles. The number of nitrogens with zero attached hydrogens (tertiary/aromatic N) is 1. The molecule has 3 nitrogen and oxygen atoms in total. The minimum atomic E-state index is 0.344. The maximum absolute atomic E-state index is 8.46. The summed E-state index contributed by atoms with van der Waals surface area (Å²) in [5.41, 5.74) is 8.23. The standard InChI is InChI=1S/C13H24O.C8H8N2.C2H6/c1-2-3-6-12-7-4-8-13(11-12)9-5-10-14-13;1-6-4-7(5-9)2-3-8(6)10;1-2/h12H,2-11H2,1H3;2-4H,10H2,1H3;1-2H3/t12-,13?;;/m0../s1. The first-order chi connectivity index (χ1) is 12.6. The van der Waals surface area contributed by atoms with E-state index < -0.39 is 0 Å². The molecule has 1 spiro atoms. The van der Waals surface area contributed by atoms with Crippen LogP contribution in [0.1, 0.15) is 89.7 Å². The van der Waals surface area contributed by atoms with Crippen molar-refractivity contribution in [2.45, 2.75) is 91.1 Å². The maximum atomic E-state index is 8.46. The molecule has 0 amide bonds. The Morgan fingerprint density at radius 1 is 1.27 bits per heavy atom. The van der Waals surface area contributed by atoms with E-state index in [1.807, 2.05) is 26.8 Å². The Balaban J connectivity index is 0.000000249. The highest BCUT2D eigenvalue weighted by molar-refractivity contribution is 5.50. The van der Waals surface area contributed by atoms with Crippen molar-refractivity contribution in [1.82, 2.24) is 0 Å². The highest BCUT2D eigenvalue weighted by Gasteiger charge is 2.39. The number of rotatable bonds is 3. The minimum Gasteiger partial charge on any atom is -0.399 e. The van der Waals surface area contributed by atoms with Gasteiger partial charge in [-0.05, 0) is 62.3 Å². The maximum Gasteiger partial charge on any atom is 0.0991 e. The normalized spacial score (nSPS) is 24.0. The molecule has 2 fully saturated rings. The zero-order chi connectivity index (χ0) is 19.4. The third-order valence-corrected chi connectivity index (χ3v) is 5.46. The van der Waals surface area contributed by atoms with Gasteiger partial charge in [0.05, 0.1) is 17.2 Å². The summed E-state index contributed by atoms with van der Waals surface area (Å²) in [6, 6.07) is 7.27. The molecule has 2 atom stereocenters. The van der Waals surface area contributed by atoms with Crippen molar-refractivity contribution in [3.63, 3.8) is 0 Å². The number of anilines is 1. The Bertz CT molecular complexity index is 556. The Kier molecular flexibility index (Phi) is 10.4. The fourth-order valence-corrected chi connectivity index (χ4v) is 4.04. The van der Waals surface area contributed by atoms with Crippen molar-refractivity contribution in [2.24, 2.45) is 5.92 Å². The lowest BCUT2D eigenvalue weighted by Gasteiger charge is -2.37. The minimum absolute atomic E-state index is 0.344. The van der Waals surface area contributed by atoms with E-state index in [2.05, 4.69) is 6.92 Å². The van der Waals surface area contributed by atoms with E-state index in [0.717, 1.165) is 23.8 Å². The second kappa shape index (κ2) is 12.0. The lowest BCUT2D eigenvalue weighted by molar-refractivity contribution is -0.0416. The molecule has 1 heterocycles. The number of nitrogens with two attached hydrogens (primary N) is 1. The molecule has 0 radical (unpaired) electrons. The van der Waals surface area contributed by atoms with Crippen molar-refractivity contribution in [3.8, 4) is 6.07 Å². The van der Waals surface area contributed by atoms with Gasteiger partial charge in [0.1, 0.15) is 0 Å². The summed E-state index contributed by atoms with van der Waals surface area (Å²) in [6.07, 6.45) is 12.4. The summed E-state index contributed by atoms with van der Waals surface area (Å²) >= 11 is 0. The molecule has 1 aliphatic heterocycles. The zero-order valence-electron chi connectivity index (χ0n) is 17.3. The molecule has 1 saturated heterocycles. The number of hydrogen-bond acceptors (Lipinski definition) is 3. The van der Waals surface area contributed by atoms with Gasteiger partial charge in [-0.1, -0.05) is 52.9 Å². The van der Waals surface area contributed by atoms with Crippen LogP contribution < -0.4 is 5.73 Å². The molecule has 1 aliphatic carbocycles. The van der Waals surface area contributed by atoms with Gasteiger partial charge in [-0.25, -0.2) is 0 Å². The molecule has 0 aromatic heterocycles. The summed E-state index contributed by atoms with van der Waals surface area (Å²) < 4.78 is 5.99. The van der Waals surface area contributed by atoms with Crippen molar-refractivity contribution in [1.29, 1.82) is 5.26 Å². The average molecular weight is 359 g/mol. The topological polar surface area (TPSA) is 59.0 Å². The highest BCUT2D eigenvalue weighted by Crippen LogP contribution is 2.43. The quantitative estimate of drug-likeness (QED) is 0.637. The first-order valence-electron chi connectivity index (χ1n) is 10.5. The van der Waals surface area contributed by atoms with Gasteiger partial charge in [-0.15, -0.1) is 0 Å². The second-order valence-electron chi connectivity index (χ2n) is 7.42. The van der Waals surface area contributed by atoms with Crippen LogP contribution in [-0.4, -0.2) is 12.2 Å². The van der Waals surface area contributed by atoms with Gasteiger partial charge < -0.3 is 10.5 Å². The summed E-state index contributed by atoms with van der Waals surface area (Å²) in [4.78, 5) is 0. The molecule has 146 valence electrons. The smallest absolute Gasteiger partial charge is 0.0991 e. The predicted molar refractivity (Wildman–Crippen MR) is 111 cm³/mol. The van der Waals surface area contributed by atoms with Crippen LogP contribution in [0.5, 0.6) is 0 Å². The Morgan fingerprint density at radius 2 is 2.00 bits per heavy atom. The van der Waals surface area contributed by atoms with Crippen LogP contribution in [0.15, 0.2) is 18.2 Å². The molecule has 3 heteroatoms. The Labute approximate surface area is 160 Å². The molecule has 1 aromatic carbocycles. The monoisotopic (exact) mass is 358 g/mol. The molecule has 0 bridgehead atoms. The fraction of sp³-hybridized carbons (Fsp3) is 0.696. The average Bonchev–Trinajstić information content (AvgIpc) is 3.12. The van der Waals surface area contributed by atoms with Gasteiger partial charge in [-0.3, -0.25) is 0 Å². The van der Waals surface area contributed by atoms with Crippen LogP contribution in [0.4, 0.5) is 5.69 Å². The van der Waals surface area contributed by atoms with Gasteiger partial charge in [-0.2, -0.15) is 5.26 Å². The van der Waals surface area contributed by atoms with E-state index >= 15 is 0 Å². The summed E-state index contributed by atoms with van der Waals surface area (Å²) in [7, 11) is 0. The zero-order valence-corrected chi connectivity index (χ0v) is 17.3. The third kappa shape index (κ3) is 7.00. The SMILES string of the molecule is CC.CCCC[C@H]1CCCC2(CCCO2)C1.Cc1cc(C#N)ccc1N. The lowest BCUT2D eigenvalue weighted by Crippen LogP contribution is -2.34. The summed E-state index contributed by atoms with van der Waals surface area (Å²) in [6.45, 7) is 9.21. The first kappa shape index (κ1) is 22.5. The van der Waals surface area contributed by atoms with E-state index in [1.165, 1.54) is 57.8 Å². The fourth-order valence-electron chi connectivity index (χ4n) is 4.04. The molecule has 2 aliphatic rings. The second-order valence-corrected chi connectivity index (χ2v) is 7.42. The van der Waals surface area contributed by atoms with E-state index in [1.54, 1.807) is 18.2 Å². The number of hydrogen-bond donors (Lipinski definition) is 1. The third-order valence-electron chi connectivity index (χ3n) is 5.46. The van der Waals surface area contributed by atoms with Crippen LogP contribution >= 0.6 is 0 Å². The van der Waals surface area contributed by atoms with Crippen molar-refractivity contribution >= 4 is 5.69 Å². The van der Waals surface area contributed by atoms with Crippen LogP contribution in [-0.2, 0) is 4.74 Å². The van der Waals surface area contributed by atoms with E-state index in [9.17, 15) is 0 Å². The highest BCUT2D eigenvalue weighted by atomic mass is 16.5. The van der Waals surface area contributed by atoms with Crippen LogP contribution in [0.2, 0.25) is 0 Å². The van der Waals surface area contributed by atoms with Crippen LogP contribution in [0.25, 0.3) is 0 Å². The summed E-state index contributed by atoms with van der Waals surface area (Å²) in [5, 5.41) is 8.46.